The van der Waals surface area contributed by atoms with Crippen LogP contribution in [0.2, 0.25) is 0 Å². The van der Waals surface area contributed by atoms with Crippen LogP contribution in [0.5, 0.6) is 0 Å². The minimum absolute atomic E-state index is 0.0351. The summed E-state index contributed by atoms with van der Waals surface area (Å²) in [6.07, 6.45) is 5.78. The van der Waals surface area contributed by atoms with Crippen LogP contribution in [0, 0.1) is 5.92 Å². The molecule has 1 heterocycles. The quantitative estimate of drug-likeness (QED) is 0.695. The molecule has 2 aromatic carbocycles. The lowest BCUT2D eigenvalue weighted by Gasteiger charge is -2.38. The fourth-order valence-electron chi connectivity index (χ4n) is 4.61. The predicted octanol–water partition coefficient (Wildman–Crippen LogP) is 4.69. The summed E-state index contributed by atoms with van der Waals surface area (Å²) in [4.78, 5) is 27.9. The number of likely N-dealkylation sites (tertiary alicyclic amines) is 1. The number of rotatable bonds is 5. The molecule has 0 spiro atoms. The van der Waals surface area contributed by atoms with Gasteiger partial charge >= 0.3 is 5.97 Å². The first-order valence-corrected chi connectivity index (χ1v) is 10.8. The van der Waals surface area contributed by atoms with E-state index in [1.165, 1.54) is 6.42 Å². The van der Waals surface area contributed by atoms with Gasteiger partial charge in [-0.15, -0.1) is 0 Å². The van der Waals surface area contributed by atoms with Crippen molar-refractivity contribution in [2.75, 3.05) is 6.54 Å². The number of ether oxygens (including phenoxy) is 1. The third-order valence-corrected chi connectivity index (χ3v) is 6.23. The number of nitrogens with zero attached hydrogens (tertiary/aromatic N) is 1. The highest BCUT2D eigenvalue weighted by atomic mass is 16.5. The molecule has 1 amide bonds. The molecule has 1 saturated carbocycles. The molecule has 0 radical (unpaired) electrons. The van der Waals surface area contributed by atoms with Crippen LogP contribution >= 0.6 is 0 Å². The maximum Gasteiger partial charge on any atom is 0.311 e. The largest absolute Gasteiger partial charge is 0.462 e. The van der Waals surface area contributed by atoms with E-state index >= 15 is 0 Å². The molecule has 2 unspecified atom stereocenters. The number of piperidine rings is 1. The second-order valence-corrected chi connectivity index (χ2v) is 8.28. The summed E-state index contributed by atoms with van der Waals surface area (Å²) in [6, 6.07) is 19.9. The molecule has 4 rings (SSSR count). The molecule has 1 aliphatic carbocycles. The Balaban J connectivity index is 1.53. The molecule has 1 saturated heterocycles. The summed E-state index contributed by atoms with van der Waals surface area (Å²) in [5.74, 6) is -0.478. The van der Waals surface area contributed by atoms with Gasteiger partial charge in [-0.1, -0.05) is 67.1 Å². The Morgan fingerprint density at radius 1 is 0.931 bits per heavy atom. The van der Waals surface area contributed by atoms with Crippen LogP contribution in [0.1, 0.15) is 55.6 Å². The number of amides is 1. The first-order chi connectivity index (χ1) is 14.2. The van der Waals surface area contributed by atoms with E-state index < -0.39 is 0 Å². The van der Waals surface area contributed by atoms with Crippen molar-refractivity contribution in [2.45, 2.75) is 57.1 Å². The van der Waals surface area contributed by atoms with Crippen molar-refractivity contribution in [2.24, 2.45) is 5.92 Å². The molecule has 2 aromatic rings. The van der Waals surface area contributed by atoms with Gasteiger partial charge in [0.05, 0.1) is 5.92 Å². The van der Waals surface area contributed by atoms with Crippen molar-refractivity contribution in [3.63, 3.8) is 0 Å². The van der Waals surface area contributed by atoms with E-state index in [-0.39, 0.29) is 29.8 Å². The second-order valence-electron chi connectivity index (χ2n) is 8.28. The third-order valence-electron chi connectivity index (χ3n) is 6.23. The summed E-state index contributed by atoms with van der Waals surface area (Å²) < 4.78 is 5.94. The van der Waals surface area contributed by atoms with Gasteiger partial charge in [-0.3, -0.25) is 9.59 Å². The minimum Gasteiger partial charge on any atom is -0.462 e. The van der Waals surface area contributed by atoms with E-state index in [1.807, 2.05) is 65.6 Å². The van der Waals surface area contributed by atoms with Crippen molar-refractivity contribution in [1.82, 2.24) is 4.90 Å². The summed E-state index contributed by atoms with van der Waals surface area (Å²) in [7, 11) is 0. The molecule has 4 heteroatoms. The Morgan fingerprint density at radius 3 is 2.28 bits per heavy atom. The average Bonchev–Trinajstić information content (AvgIpc) is 2.77. The molecular formula is C25H29NO3. The van der Waals surface area contributed by atoms with E-state index in [9.17, 15) is 9.59 Å². The van der Waals surface area contributed by atoms with Gasteiger partial charge in [0.15, 0.2) is 0 Å². The van der Waals surface area contributed by atoms with Crippen LogP contribution in [-0.2, 0) is 20.9 Å². The molecular weight excluding hydrogens is 362 g/mol. The Bertz CT molecular complexity index is 814. The Hall–Kier alpha value is -2.62. The summed E-state index contributed by atoms with van der Waals surface area (Å²) >= 11 is 0. The molecule has 1 aliphatic heterocycles. The fourth-order valence-corrected chi connectivity index (χ4v) is 4.61. The summed E-state index contributed by atoms with van der Waals surface area (Å²) in [6.45, 7) is 0.952. The highest BCUT2D eigenvalue weighted by Gasteiger charge is 2.40. The van der Waals surface area contributed by atoms with Gasteiger partial charge in [-0.25, -0.2) is 0 Å². The average molecular weight is 392 g/mol. The zero-order valence-electron chi connectivity index (χ0n) is 16.8. The van der Waals surface area contributed by atoms with E-state index in [2.05, 4.69) is 0 Å². The predicted molar refractivity (Wildman–Crippen MR) is 112 cm³/mol. The normalized spacial score (nSPS) is 23.0. The number of carbonyl (C=O) groups excluding carboxylic acids is 2. The van der Waals surface area contributed by atoms with Crippen LogP contribution in [0.15, 0.2) is 60.7 Å². The number of hydrogen-bond acceptors (Lipinski definition) is 3. The van der Waals surface area contributed by atoms with Gasteiger partial charge in [0.2, 0.25) is 5.91 Å². The van der Waals surface area contributed by atoms with Gasteiger partial charge in [-0.2, -0.15) is 0 Å². The molecule has 2 fully saturated rings. The van der Waals surface area contributed by atoms with Gasteiger partial charge < -0.3 is 9.64 Å². The Morgan fingerprint density at radius 2 is 1.59 bits per heavy atom. The second kappa shape index (κ2) is 9.25. The lowest BCUT2D eigenvalue weighted by Crippen LogP contribution is -2.47. The van der Waals surface area contributed by atoms with Crippen molar-refractivity contribution in [1.29, 1.82) is 0 Å². The molecule has 0 aromatic heterocycles. The van der Waals surface area contributed by atoms with Crippen molar-refractivity contribution >= 4 is 11.9 Å². The monoisotopic (exact) mass is 391 g/mol. The number of esters is 1. The van der Waals surface area contributed by atoms with Crippen LogP contribution < -0.4 is 0 Å². The maximum absolute atomic E-state index is 13.2. The number of hydrogen-bond donors (Lipinski definition) is 0. The molecule has 0 N–H and O–H groups in total. The van der Waals surface area contributed by atoms with Crippen LogP contribution in [0.3, 0.4) is 0 Å². The molecule has 2 aliphatic rings. The van der Waals surface area contributed by atoms with E-state index in [1.54, 1.807) is 0 Å². The van der Waals surface area contributed by atoms with Crippen LogP contribution in [-0.4, -0.2) is 29.4 Å². The zero-order valence-corrected chi connectivity index (χ0v) is 16.8. The van der Waals surface area contributed by atoms with Gasteiger partial charge in [-0.05, 0) is 36.8 Å². The molecule has 2 atom stereocenters. The number of benzene rings is 2. The standard InChI is InChI=1S/C25H29NO3/c27-24-16-22(20-12-6-2-7-13-20)23(25(28)29-21-14-8-3-9-15-21)18-26(24)17-19-10-4-1-5-11-19/h1-2,4-7,10-13,21-23H,3,8-9,14-18H2. The maximum atomic E-state index is 13.2. The molecule has 4 nitrogen and oxygen atoms in total. The zero-order chi connectivity index (χ0) is 20.1. The SMILES string of the molecule is O=C(OC1CCCCC1)C1CN(Cc2ccccc2)C(=O)CC1c1ccccc1. The lowest BCUT2D eigenvalue weighted by molar-refractivity contribution is -0.160. The summed E-state index contributed by atoms with van der Waals surface area (Å²) in [5, 5.41) is 0. The van der Waals surface area contributed by atoms with Crippen LogP contribution in [0.4, 0.5) is 0 Å². The smallest absolute Gasteiger partial charge is 0.311 e. The molecule has 0 bridgehead atoms. The third kappa shape index (κ3) is 4.87. The van der Waals surface area contributed by atoms with Crippen molar-refractivity contribution in [3.05, 3.63) is 71.8 Å². The lowest BCUT2D eigenvalue weighted by atomic mass is 9.80. The Labute approximate surface area is 172 Å². The molecule has 29 heavy (non-hydrogen) atoms. The van der Waals surface area contributed by atoms with Crippen molar-refractivity contribution < 1.29 is 14.3 Å². The first kappa shape index (κ1) is 19.7. The summed E-state index contributed by atoms with van der Waals surface area (Å²) in [5.41, 5.74) is 2.13. The van der Waals surface area contributed by atoms with E-state index in [4.69, 9.17) is 4.74 Å². The van der Waals surface area contributed by atoms with Crippen LogP contribution in [0.25, 0.3) is 0 Å². The van der Waals surface area contributed by atoms with E-state index in [0.29, 0.717) is 19.5 Å². The fraction of sp³-hybridized carbons (Fsp3) is 0.440. The molecule has 152 valence electrons. The van der Waals surface area contributed by atoms with E-state index in [0.717, 1.165) is 36.8 Å². The highest BCUT2D eigenvalue weighted by Crippen LogP contribution is 2.36. The van der Waals surface area contributed by atoms with Gasteiger partial charge in [0, 0.05) is 25.4 Å². The van der Waals surface area contributed by atoms with Gasteiger partial charge in [0.25, 0.3) is 0 Å². The first-order valence-electron chi connectivity index (χ1n) is 10.8. The highest BCUT2D eigenvalue weighted by molar-refractivity contribution is 5.83. The topological polar surface area (TPSA) is 46.6 Å². The van der Waals surface area contributed by atoms with Gasteiger partial charge in [0.1, 0.15) is 6.10 Å². The Kier molecular flexibility index (Phi) is 6.28. The number of carbonyl (C=O) groups is 2. The van der Waals surface area contributed by atoms with Crippen molar-refractivity contribution in [3.8, 4) is 0 Å². The minimum atomic E-state index is -0.319.